The van der Waals surface area contributed by atoms with E-state index < -0.39 is 0 Å². The SMILES string of the molecule is CC(=O)c1cc(C)c(-c2cccc(Nc3cc(C)ccn3)n2)s1. The molecule has 1 N–H and O–H groups in total. The van der Waals surface area contributed by atoms with Crippen LogP contribution in [0.3, 0.4) is 0 Å². The number of rotatable bonds is 4. The summed E-state index contributed by atoms with van der Waals surface area (Å²) in [7, 11) is 0. The molecular weight excluding hydrogens is 306 g/mol. The van der Waals surface area contributed by atoms with Gasteiger partial charge in [0.15, 0.2) is 5.78 Å². The first kappa shape index (κ1) is 15.4. The molecule has 116 valence electrons. The number of hydrogen-bond acceptors (Lipinski definition) is 5. The molecule has 0 aliphatic rings. The maximum absolute atomic E-state index is 11.6. The minimum atomic E-state index is 0.0857. The molecule has 0 aliphatic heterocycles. The highest BCUT2D eigenvalue weighted by molar-refractivity contribution is 7.17. The fraction of sp³-hybridized carbons (Fsp3) is 0.167. The summed E-state index contributed by atoms with van der Waals surface area (Å²) < 4.78 is 0. The van der Waals surface area contributed by atoms with E-state index in [1.54, 1.807) is 13.1 Å². The topological polar surface area (TPSA) is 54.9 Å². The summed E-state index contributed by atoms with van der Waals surface area (Å²) in [6, 6.07) is 11.7. The van der Waals surface area contributed by atoms with Crippen molar-refractivity contribution >= 4 is 28.8 Å². The summed E-state index contributed by atoms with van der Waals surface area (Å²) in [5.74, 6) is 1.59. The zero-order valence-corrected chi connectivity index (χ0v) is 14.1. The van der Waals surface area contributed by atoms with Crippen molar-refractivity contribution in [1.82, 2.24) is 9.97 Å². The van der Waals surface area contributed by atoms with Crippen LogP contribution in [0.25, 0.3) is 10.6 Å². The second-order valence-electron chi connectivity index (χ2n) is 5.43. The van der Waals surface area contributed by atoms with Crippen LogP contribution in [-0.4, -0.2) is 15.8 Å². The molecule has 0 saturated heterocycles. The van der Waals surface area contributed by atoms with Gasteiger partial charge in [0.05, 0.1) is 15.4 Å². The number of pyridine rings is 2. The van der Waals surface area contributed by atoms with Crippen LogP contribution in [0.1, 0.15) is 27.7 Å². The summed E-state index contributed by atoms with van der Waals surface area (Å²) in [5.41, 5.74) is 3.06. The number of carbonyl (C=O) groups excluding carboxylic acids is 1. The Bertz CT molecular complexity index is 870. The molecule has 3 rings (SSSR count). The van der Waals surface area contributed by atoms with Gasteiger partial charge in [-0.25, -0.2) is 9.97 Å². The zero-order chi connectivity index (χ0) is 16.4. The highest BCUT2D eigenvalue weighted by Gasteiger charge is 2.12. The number of nitrogens with one attached hydrogen (secondary N) is 1. The number of nitrogens with zero attached hydrogens (tertiary/aromatic N) is 2. The molecule has 0 unspecified atom stereocenters. The molecule has 0 fully saturated rings. The Morgan fingerprint density at radius 3 is 2.65 bits per heavy atom. The maximum atomic E-state index is 11.6. The molecule has 3 aromatic rings. The number of anilines is 2. The summed E-state index contributed by atoms with van der Waals surface area (Å²) >= 11 is 1.48. The summed E-state index contributed by atoms with van der Waals surface area (Å²) in [4.78, 5) is 22.3. The Balaban J connectivity index is 1.92. The molecule has 0 saturated carbocycles. The third kappa shape index (κ3) is 3.46. The van der Waals surface area contributed by atoms with Crippen LogP contribution in [0, 0.1) is 13.8 Å². The number of carbonyl (C=O) groups is 1. The Morgan fingerprint density at radius 1 is 1.13 bits per heavy atom. The van der Waals surface area contributed by atoms with Crippen molar-refractivity contribution in [3.63, 3.8) is 0 Å². The highest BCUT2D eigenvalue weighted by Crippen LogP contribution is 2.32. The monoisotopic (exact) mass is 323 g/mol. The van der Waals surface area contributed by atoms with Crippen molar-refractivity contribution in [3.05, 3.63) is 58.6 Å². The Labute approximate surface area is 139 Å². The fourth-order valence-electron chi connectivity index (χ4n) is 2.28. The molecule has 0 atom stereocenters. The Hall–Kier alpha value is -2.53. The van der Waals surface area contributed by atoms with Gasteiger partial charge in [-0.1, -0.05) is 6.07 Å². The molecule has 0 spiro atoms. The molecule has 5 heteroatoms. The highest BCUT2D eigenvalue weighted by atomic mass is 32.1. The van der Waals surface area contributed by atoms with Crippen LogP contribution < -0.4 is 5.32 Å². The summed E-state index contributed by atoms with van der Waals surface area (Å²) in [5, 5.41) is 3.22. The van der Waals surface area contributed by atoms with Crippen molar-refractivity contribution in [2.75, 3.05) is 5.32 Å². The van der Waals surface area contributed by atoms with Gasteiger partial charge in [-0.05, 0) is 62.2 Å². The molecule has 0 aromatic carbocycles. The Kier molecular flexibility index (Phi) is 4.21. The second-order valence-corrected chi connectivity index (χ2v) is 6.48. The van der Waals surface area contributed by atoms with Gasteiger partial charge < -0.3 is 5.32 Å². The van der Waals surface area contributed by atoms with Crippen molar-refractivity contribution in [2.24, 2.45) is 0 Å². The average Bonchev–Trinajstić information content (AvgIpc) is 2.90. The summed E-state index contributed by atoms with van der Waals surface area (Å²) in [6.45, 7) is 5.61. The van der Waals surface area contributed by atoms with Crippen molar-refractivity contribution < 1.29 is 4.79 Å². The van der Waals surface area contributed by atoms with E-state index in [1.807, 2.05) is 50.2 Å². The van der Waals surface area contributed by atoms with Crippen LogP contribution in [0.15, 0.2) is 42.6 Å². The van der Waals surface area contributed by atoms with Crippen molar-refractivity contribution in [2.45, 2.75) is 20.8 Å². The lowest BCUT2D eigenvalue weighted by Gasteiger charge is -2.07. The van der Waals surface area contributed by atoms with Crippen LogP contribution in [0.5, 0.6) is 0 Å². The number of aryl methyl sites for hydroxylation is 2. The lowest BCUT2D eigenvalue weighted by Crippen LogP contribution is -1.96. The van der Waals surface area contributed by atoms with Gasteiger partial charge in [0.1, 0.15) is 11.6 Å². The van der Waals surface area contributed by atoms with E-state index >= 15 is 0 Å². The predicted octanol–water partition coefficient (Wildman–Crippen LogP) is 4.77. The van der Waals surface area contributed by atoms with E-state index in [9.17, 15) is 4.79 Å². The second kappa shape index (κ2) is 6.30. The lowest BCUT2D eigenvalue weighted by molar-refractivity contribution is 0.102. The molecule has 0 aliphatic carbocycles. The number of ketones is 1. The molecule has 3 heterocycles. The van der Waals surface area contributed by atoms with E-state index in [0.717, 1.165) is 38.2 Å². The summed E-state index contributed by atoms with van der Waals surface area (Å²) in [6.07, 6.45) is 1.77. The minimum absolute atomic E-state index is 0.0857. The van der Waals surface area contributed by atoms with Gasteiger partial charge in [-0.15, -0.1) is 11.3 Å². The molecule has 0 radical (unpaired) electrons. The standard InChI is InChI=1S/C18H17N3OS/c1-11-7-8-19-17(9-11)21-16-6-4-5-14(20-16)18-12(2)10-15(23-18)13(3)22/h4-10H,1-3H3,(H,19,20,21). The van der Waals surface area contributed by atoms with E-state index in [1.165, 1.54) is 11.3 Å². The first-order chi connectivity index (χ1) is 11.0. The van der Waals surface area contributed by atoms with E-state index in [0.29, 0.717) is 0 Å². The predicted molar refractivity (Wildman–Crippen MR) is 94.5 cm³/mol. The molecule has 23 heavy (non-hydrogen) atoms. The van der Waals surface area contributed by atoms with Gasteiger partial charge in [-0.2, -0.15) is 0 Å². The number of Topliss-reactive ketones (excluding diaryl/α,β-unsaturated/α-hetero) is 1. The molecule has 0 bridgehead atoms. The fourth-order valence-corrected chi connectivity index (χ4v) is 3.31. The van der Waals surface area contributed by atoms with Gasteiger partial charge in [0, 0.05) is 6.20 Å². The average molecular weight is 323 g/mol. The molecule has 3 aromatic heterocycles. The van der Waals surface area contributed by atoms with Gasteiger partial charge in [-0.3, -0.25) is 4.79 Å². The van der Waals surface area contributed by atoms with Gasteiger partial charge in [0.2, 0.25) is 0 Å². The first-order valence-corrected chi connectivity index (χ1v) is 8.13. The number of hydrogen-bond donors (Lipinski definition) is 1. The molecular formula is C18H17N3OS. The van der Waals surface area contributed by atoms with Gasteiger partial charge in [0.25, 0.3) is 0 Å². The van der Waals surface area contributed by atoms with Crippen LogP contribution in [0.4, 0.5) is 11.6 Å². The third-order valence-corrected chi connectivity index (χ3v) is 4.78. The van der Waals surface area contributed by atoms with E-state index in [4.69, 9.17) is 0 Å². The van der Waals surface area contributed by atoms with Crippen molar-refractivity contribution in [1.29, 1.82) is 0 Å². The smallest absolute Gasteiger partial charge is 0.169 e. The van der Waals surface area contributed by atoms with E-state index in [-0.39, 0.29) is 5.78 Å². The van der Waals surface area contributed by atoms with Gasteiger partial charge >= 0.3 is 0 Å². The number of thiophene rings is 1. The van der Waals surface area contributed by atoms with Crippen LogP contribution in [-0.2, 0) is 0 Å². The normalized spacial score (nSPS) is 10.6. The minimum Gasteiger partial charge on any atom is -0.325 e. The lowest BCUT2D eigenvalue weighted by atomic mass is 10.2. The largest absolute Gasteiger partial charge is 0.325 e. The van der Waals surface area contributed by atoms with Crippen molar-refractivity contribution in [3.8, 4) is 10.6 Å². The quantitative estimate of drug-likeness (QED) is 0.703. The number of aromatic nitrogens is 2. The maximum Gasteiger partial charge on any atom is 0.169 e. The molecule has 0 amide bonds. The first-order valence-electron chi connectivity index (χ1n) is 7.31. The van der Waals surface area contributed by atoms with Crippen LogP contribution in [0.2, 0.25) is 0 Å². The van der Waals surface area contributed by atoms with E-state index in [2.05, 4.69) is 15.3 Å². The third-order valence-electron chi connectivity index (χ3n) is 3.42. The Morgan fingerprint density at radius 2 is 1.96 bits per heavy atom. The van der Waals surface area contributed by atoms with Crippen LogP contribution >= 0.6 is 11.3 Å². The molecule has 4 nitrogen and oxygen atoms in total. The zero-order valence-electron chi connectivity index (χ0n) is 13.3.